The molecule has 0 amide bonds. The minimum atomic E-state index is 0. The van der Waals surface area contributed by atoms with E-state index in [1.807, 2.05) is 0 Å². The van der Waals surface area contributed by atoms with E-state index in [1.54, 1.807) is 0 Å². The number of hydrogen-bond donors (Lipinski definition) is 1. The second-order valence-electron chi connectivity index (χ2n) is 6.03. The SMILES string of the molecule is Brc1ccc(CN2CCC(NCC3CC3)CC2)cc1.Cl. The lowest BCUT2D eigenvalue weighted by Gasteiger charge is -2.32. The molecule has 1 heterocycles. The molecule has 0 atom stereocenters. The molecular formula is C16H24BrClN2. The number of rotatable bonds is 5. The van der Waals surface area contributed by atoms with Crippen LogP contribution in [0, 0.1) is 5.92 Å². The fraction of sp³-hybridized carbons (Fsp3) is 0.625. The summed E-state index contributed by atoms with van der Waals surface area (Å²) in [7, 11) is 0. The van der Waals surface area contributed by atoms with Crippen LogP contribution in [0.4, 0.5) is 0 Å². The van der Waals surface area contributed by atoms with E-state index < -0.39 is 0 Å². The normalized spacial score (nSPS) is 20.6. The first kappa shape index (κ1) is 16.3. The highest BCUT2D eigenvalue weighted by Crippen LogP contribution is 2.28. The van der Waals surface area contributed by atoms with E-state index >= 15 is 0 Å². The molecule has 112 valence electrons. The van der Waals surface area contributed by atoms with Crippen LogP contribution in [0.15, 0.2) is 28.7 Å². The molecule has 2 nitrogen and oxygen atoms in total. The van der Waals surface area contributed by atoms with E-state index in [0.29, 0.717) is 0 Å². The average molecular weight is 360 g/mol. The quantitative estimate of drug-likeness (QED) is 0.859. The lowest BCUT2D eigenvalue weighted by molar-refractivity contribution is 0.190. The maximum absolute atomic E-state index is 3.74. The van der Waals surface area contributed by atoms with Gasteiger partial charge in [0.1, 0.15) is 0 Å². The summed E-state index contributed by atoms with van der Waals surface area (Å²) < 4.78 is 1.17. The van der Waals surface area contributed by atoms with Gasteiger partial charge in [0, 0.05) is 17.1 Å². The molecule has 2 aliphatic rings. The van der Waals surface area contributed by atoms with Crippen molar-refractivity contribution in [2.75, 3.05) is 19.6 Å². The Kier molecular flexibility index (Phi) is 6.34. The maximum Gasteiger partial charge on any atom is 0.0233 e. The lowest BCUT2D eigenvalue weighted by atomic mass is 10.0. The van der Waals surface area contributed by atoms with Gasteiger partial charge in [-0.2, -0.15) is 0 Å². The van der Waals surface area contributed by atoms with Gasteiger partial charge in [0.2, 0.25) is 0 Å². The van der Waals surface area contributed by atoms with Gasteiger partial charge in [0.15, 0.2) is 0 Å². The van der Waals surface area contributed by atoms with Crippen molar-refractivity contribution in [2.24, 2.45) is 5.92 Å². The number of hydrogen-bond acceptors (Lipinski definition) is 2. The first-order valence-corrected chi connectivity index (χ1v) is 8.29. The molecule has 0 spiro atoms. The molecule has 1 saturated heterocycles. The number of nitrogens with one attached hydrogen (secondary N) is 1. The van der Waals surface area contributed by atoms with E-state index in [2.05, 4.69) is 50.4 Å². The van der Waals surface area contributed by atoms with E-state index in [0.717, 1.165) is 18.5 Å². The Morgan fingerprint density at radius 1 is 1.05 bits per heavy atom. The minimum Gasteiger partial charge on any atom is -0.314 e. The van der Waals surface area contributed by atoms with Crippen molar-refractivity contribution in [3.05, 3.63) is 34.3 Å². The van der Waals surface area contributed by atoms with Crippen molar-refractivity contribution < 1.29 is 0 Å². The number of halogens is 2. The molecule has 1 aromatic carbocycles. The Balaban J connectivity index is 0.00000147. The van der Waals surface area contributed by atoms with Crippen LogP contribution >= 0.6 is 28.3 Å². The fourth-order valence-corrected chi connectivity index (χ4v) is 3.06. The largest absolute Gasteiger partial charge is 0.314 e. The summed E-state index contributed by atoms with van der Waals surface area (Å²) in [6, 6.07) is 9.49. The monoisotopic (exact) mass is 358 g/mol. The summed E-state index contributed by atoms with van der Waals surface area (Å²) in [5, 5.41) is 3.74. The second-order valence-corrected chi connectivity index (χ2v) is 6.94. The van der Waals surface area contributed by atoms with E-state index in [-0.39, 0.29) is 12.4 Å². The van der Waals surface area contributed by atoms with Gasteiger partial charge in [-0.25, -0.2) is 0 Å². The van der Waals surface area contributed by atoms with Gasteiger partial charge in [-0.15, -0.1) is 12.4 Å². The highest BCUT2D eigenvalue weighted by atomic mass is 79.9. The van der Waals surface area contributed by atoms with Crippen molar-refractivity contribution in [3.63, 3.8) is 0 Å². The highest BCUT2D eigenvalue weighted by Gasteiger charge is 2.24. The molecule has 1 aliphatic heterocycles. The standard InChI is InChI=1S/C16H23BrN2.ClH/c17-15-5-3-14(4-6-15)12-19-9-7-16(8-10-19)18-11-13-1-2-13;/h3-6,13,16,18H,1-2,7-12H2;1H. The smallest absolute Gasteiger partial charge is 0.0233 e. The summed E-state index contributed by atoms with van der Waals surface area (Å²) in [6.07, 6.45) is 5.53. The number of benzene rings is 1. The zero-order valence-corrected chi connectivity index (χ0v) is 14.3. The molecule has 0 aromatic heterocycles. The van der Waals surface area contributed by atoms with Gasteiger partial charge in [-0.1, -0.05) is 28.1 Å². The average Bonchev–Trinajstić information content (AvgIpc) is 3.25. The molecule has 1 N–H and O–H groups in total. The molecule has 1 aromatic rings. The van der Waals surface area contributed by atoms with Crippen LogP contribution in [0.5, 0.6) is 0 Å². The van der Waals surface area contributed by atoms with Crippen molar-refractivity contribution in [2.45, 2.75) is 38.3 Å². The summed E-state index contributed by atoms with van der Waals surface area (Å²) in [5.41, 5.74) is 1.42. The third-order valence-corrected chi connectivity index (χ3v) is 4.83. The Morgan fingerprint density at radius 2 is 1.70 bits per heavy atom. The third kappa shape index (κ3) is 5.03. The zero-order chi connectivity index (χ0) is 13.1. The molecule has 2 fully saturated rings. The van der Waals surface area contributed by atoms with Crippen LogP contribution in [-0.2, 0) is 6.54 Å². The van der Waals surface area contributed by atoms with Gasteiger partial charge in [-0.05, 0) is 68.9 Å². The number of piperidine rings is 1. The van der Waals surface area contributed by atoms with Crippen LogP contribution < -0.4 is 5.32 Å². The first-order valence-electron chi connectivity index (χ1n) is 7.50. The number of likely N-dealkylation sites (tertiary alicyclic amines) is 1. The Morgan fingerprint density at radius 3 is 2.30 bits per heavy atom. The van der Waals surface area contributed by atoms with Gasteiger partial charge in [-0.3, -0.25) is 4.90 Å². The van der Waals surface area contributed by atoms with Crippen LogP contribution in [0.2, 0.25) is 0 Å². The summed E-state index contributed by atoms with van der Waals surface area (Å²) in [6.45, 7) is 4.83. The molecule has 1 saturated carbocycles. The molecule has 20 heavy (non-hydrogen) atoms. The summed E-state index contributed by atoms with van der Waals surface area (Å²) >= 11 is 3.49. The summed E-state index contributed by atoms with van der Waals surface area (Å²) in [5.74, 6) is 1.00. The topological polar surface area (TPSA) is 15.3 Å². The fourth-order valence-electron chi connectivity index (χ4n) is 2.80. The molecule has 1 aliphatic carbocycles. The lowest BCUT2D eigenvalue weighted by Crippen LogP contribution is -2.42. The van der Waals surface area contributed by atoms with Crippen molar-refractivity contribution >= 4 is 28.3 Å². The van der Waals surface area contributed by atoms with Gasteiger partial charge in [0.05, 0.1) is 0 Å². The third-order valence-electron chi connectivity index (χ3n) is 4.30. The van der Waals surface area contributed by atoms with Gasteiger partial charge in [0.25, 0.3) is 0 Å². The Labute approximate surface area is 136 Å². The molecule has 0 radical (unpaired) electrons. The van der Waals surface area contributed by atoms with E-state index in [4.69, 9.17) is 0 Å². The molecule has 0 unspecified atom stereocenters. The maximum atomic E-state index is 3.74. The molecule has 3 rings (SSSR count). The first-order chi connectivity index (χ1) is 9.29. The van der Waals surface area contributed by atoms with Crippen molar-refractivity contribution in [3.8, 4) is 0 Å². The highest BCUT2D eigenvalue weighted by molar-refractivity contribution is 9.10. The van der Waals surface area contributed by atoms with Crippen LogP contribution in [-0.4, -0.2) is 30.6 Å². The van der Waals surface area contributed by atoms with Crippen LogP contribution in [0.1, 0.15) is 31.2 Å². The van der Waals surface area contributed by atoms with Crippen LogP contribution in [0.3, 0.4) is 0 Å². The molecule has 0 bridgehead atoms. The molecular weight excluding hydrogens is 336 g/mol. The van der Waals surface area contributed by atoms with Crippen molar-refractivity contribution in [1.82, 2.24) is 10.2 Å². The van der Waals surface area contributed by atoms with E-state index in [9.17, 15) is 0 Å². The molecule has 4 heteroatoms. The van der Waals surface area contributed by atoms with E-state index in [1.165, 1.54) is 55.4 Å². The Hall–Kier alpha value is -0.0900. The van der Waals surface area contributed by atoms with Gasteiger partial charge < -0.3 is 5.32 Å². The van der Waals surface area contributed by atoms with Crippen molar-refractivity contribution in [1.29, 1.82) is 0 Å². The summed E-state index contributed by atoms with van der Waals surface area (Å²) in [4.78, 5) is 2.58. The van der Waals surface area contributed by atoms with Crippen LogP contribution in [0.25, 0.3) is 0 Å². The van der Waals surface area contributed by atoms with Gasteiger partial charge >= 0.3 is 0 Å². The number of nitrogens with zero attached hydrogens (tertiary/aromatic N) is 1. The minimum absolute atomic E-state index is 0. The predicted molar refractivity (Wildman–Crippen MR) is 90.4 cm³/mol. The Bertz CT molecular complexity index is 397. The second kappa shape index (κ2) is 7.79. The zero-order valence-electron chi connectivity index (χ0n) is 11.9. The predicted octanol–water partition coefficient (Wildman–Crippen LogP) is 3.83.